The number of aryl methyl sites for hydroxylation is 1. The van der Waals surface area contributed by atoms with Gasteiger partial charge in [0.1, 0.15) is 0 Å². The average Bonchev–Trinajstić information content (AvgIpc) is 2.86. The summed E-state index contributed by atoms with van der Waals surface area (Å²) in [6, 6.07) is 13.0. The summed E-state index contributed by atoms with van der Waals surface area (Å²) in [6.45, 7) is 2.04. The summed E-state index contributed by atoms with van der Waals surface area (Å²) in [4.78, 5) is 19.8. The maximum absolute atomic E-state index is 12.1. The van der Waals surface area contributed by atoms with E-state index >= 15 is 0 Å². The number of aromatic nitrogens is 2. The van der Waals surface area contributed by atoms with E-state index in [1.807, 2.05) is 25.1 Å². The lowest BCUT2D eigenvalue weighted by molar-refractivity contribution is 0.102. The van der Waals surface area contributed by atoms with Crippen molar-refractivity contribution in [2.45, 2.75) is 12.1 Å². The SMILES string of the molecule is Cc1ccc2nc(SCC(=O)c3cccc(Cl)c3)[nH]c2c1. The van der Waals surface area contributed by atoms with E-state index in [-0.39, 0.29) is 5.78 Å². The second-order valence-corrected chi connectivity index (χ2v) is 6.19. The lowest BCUT2D eigenvalue weighted by Crippen LogP contribution is -2.02. The van der Waals surface area contributed by atoms with E-state index in [4.69, 9.17) is 11.6 Å². The first-order chi connectivity index (χ1) is 10.1. The maximum atomic E-state index is 12.1. The lowest BCUT2D eigenvalue weighted by Gasteiger charge is -2.00. The molecule has 0 fully saturated rings. The summed E-state index contributed by atoms with van der Waals surface area (Å²) in [6.07, 6.45) is 0. The lowest BCUT2D eigenvalue weighted by atomic mass is 10.1. The van der Waals surface area contributed by atoms with Crippen LogP contribution >= 0.6 is 23.4 Å². The fraction of sp³-hybridized carbons (Fsp3) is 0.125. The van der Waals surface area contributed by atoms with Crippen molar-refractivity contribution >= 4 is 40.2 Å². The topological polar surface area (TPSA) is 45.8 Å². The first-order valence-electron chi connectivity index (χ1n) is 6.50. The Hall–Kier alpha value is -1.78. The Morgan fingerprint density at radius 1 is 1.29 bits per heavy atom. The van der Waals surface area contributed by atoms with Crippen LogP contribution in [0.3, 0.4) is 0 Å². The van der Waals surface area contributed by atoms with Crippen LogP contribution in [0.1, 0.15) is 15.9 Å². The molecule has 1 heterocycles. The quantitative estimate of drug-likeness (QED) is 0.569. The van der Waals surface area contributed by atoms with Crippen LogP contribution in [0.2, 0.25) is 5.02 Å². The molecule has 0 aliphatic rings. The zero-order valence-corrected chi connectivity index (χ0v) is 13.0. The van der Waals surface area contributed by atoms with Crippen LogP contribution in [0.5, 0.6) is 0 Å². The third-order valence-corrected chi connectivity index (χ3v) is 4.21. The normalized spacial score (nSPS) is 11.0. The summed E-state index contributed by atoms with van der Waals surface area (Å²) in [5.74, 6) is 0.373. The van der Waals surface area contributed by atoms with E-state index in [1.54, 1.807) is 24.3 Å². The molecule has 0 aliphatic heterocycles. The number of carbonyl (C=O) groups is 1. The van der Waals surface area contributed by atoms with Crippen molar-refractivity contribution in [3.05, 3.63) is 58.6 Å². The van der Waals surface area contributed by atoms with Crippen LogP contribution in [-0.4, -0.2) is 21.5 Å². The first-order valence-corrected chi connectivity index (χ1v) is 7.86. The van der Waals surface area contributed by atoms with Crippen LogP contribution in [0.15, 0.2) is 47.6 Å². The minimum Gasteiger partial charge on any atom is -0.333 e. The second kappa shape index (κ2) is 5.92. The number of rotatable bonds is 4. The highest BCUT2D eigenvalue weighted by Crippen LogP contribution is 2.21. The summed E-state index contributed by atoms with van der Waals surface area (Å²) in [7, 11) is 0. The van der Waals surface area contributed by atoms with Crippen LogP contribution in [0.25, 0.3) is 11.0 Å². The largest absolute Gasteiger partial charge is 0.333 e. The zero-order chi connectivity index (χ0) is 14.8. The van der Waals surface area contributed by atoms with Crippen LogP contribution in [-0.2, 0) is 0 Å². The van der Waals surface area contributed by atoms with Gasteiger partial charge >= 0.3 is 0 Å². The van der Waals surface area contributed by atoms with Crippen LogP contribution in [0, 0.1) is 6.92 Å². The molecule has 5 heteroatoms. The van der Waals surface area contributed by atoms with Gasteiger partial charge in [0.25, 0.3) is 0 Å². The number of hydrogen-bond acceptors (Lipinski definition) is 3. The molecular weight excluding hydrogens is 304 g/mol. The van der Waals surface area contributed by atoms with Gasteiger partial charge in [0.2, 0.25) is 0 Å². The fourth-order valence-corrected chi connectivity index (χ4v) is 3.02. The molecule has 106 valence electrons. The number of thioether (sulfide) groups is 1. The van der Waals surface area contributed by atoms with Gasteiger partial charge in [-0.05, 0) is 36.8 Å². The number of nitrogens with one attached hydrogen (secondary N) is 1. The van der Waals surface area contributed by atoms with Crippen molar-refractivity contribution < 1.29 is 4.79 Å². The summed E-state index contributed by atoms with van der Waals surface area (Å²) >= 11 is 7.30. The molecule has 21 heavy (non-hydrogen) atoms. The number of ketones is 1. The standard InChI is InChI=1S/C16H13ClN2OS/c1-10-5-6-13-14(7-10)19-16(18-13)21-9-15(20)11-3-2-4-12(17)8-11/h2-8H,9H2,1H3,(H,18,19). The monoisotopic (exact) mass is 316 g/mol. The van der Waals surface area contributed by atoms with Gasteiger partial charge in [0.15, 0.2) is 10.9 Å². The number of Topliss-reactive ketones (excluding diaryl/α,β-unsaturated/α-hetero) is 1. The number of fused-ring (bicyclic) bond motifs is 1. The minimum absolute atomic E-state index is 0.0409. The molecule has 0 spiro atoms. The van der Waals surface area contributed by atoms with Gasteiger partial charge in [0, 0.05) is 10.6 Å². The Bertz CT molecular complexity index is 813. The van der Waals surface area contributed by atoms with Gasteiger partial charge in [0.05, 0.1) is 16.8 Å². The highest BCUT2D eigenvalue weighted by molar-refractivity contribution is 7.99. The molecule has 0 saturated carbocycles. The van der Waals surface area contributed by atoms with E-state index in [0.29, 0.717) is 16.3 Å². The van der Waals surface area contributed by atoms with Crippen molar-refractivity contribution in [2.24, 2.45) is 0 Å². The van der Waals surface area contributed by atoms with E-state index in [2.05, 4.69) is 9.97 Å². The molecular formula is C16H13ClN2OS. The van der Waals surface area contributed by atoms with Crippen molar-refractivity contribution in [3.8, 4) is 0 Å². The summed E-state index contributed by atoms with van der Waals surface area (Å²) in [5.41, 5.74) is 3.71. The Morgan fingerprint density at radius 3 is 2.95 bits per heavy atom. The molecule has 1 N–H and O–H groups in total. The zero-order valence-electron chi connectivity index (χ0n) is 11.4. The summed E-state index contributed by atoms with van der Waals surface area (Å²) in [5, 5.41) is 1.33. The number of carbonyl (C=O) groups excluding carboxylic acids is 1. The van der Waals surface area contributed by atoms with E-state index in [0.717, 1.165) is 16.2 Å². The Labute approximate surface area is 131 Å². The second-order valence-electron chi connectivity index (χ2n) is 4.78. The molecule has 3 nitrogen and oxygen atoms in total. The number of imidazole rings is 1. The first kappa shape index (κ1) is 14.2. The molecule has 0 radical (unpaired) electrons. The van der Waals surface area contributed by atoms with Crippen molar-refractivity contribution in [2.75, 3.05) is 5.75 Å². The van der Waals surface area contributed by atoms with E-state index < -0.39 is 0 Å². The number of aromatic amines is 1. The van der Waals surface area contributed by atoms with Crippen LogP contribution in [0.4, 0.5) is 0 Å². The molecule has 0 bridgehead atoms. The predicted molar refractivity (Wildman–Crippen MR) is 87.3 cm³/mol. The van der Waals surface area contributed by atoms with Crippen LogP contribution < -0.4 is 0 Å². The van der Waals surface area contributed by atoms with Crippen molar-refractivity contribution in [3.63, 3.8) is 0 Å². The molecule has 0 saturated heterocycles. The van der Waals surface area contributed by atoms with E-state index in [9.17, 15) is 4.79 Å². The fourth-order valence-electron chi connectivity index (χ4n) is 2.05. The van der Waals surface area contributed by atoms with Crippen molar-refractivity contribution in [1.29, 1.82) is 0 Å². The Balaban J connectivity index is 1.72. The van der Waals surface area contributed by atoms with Gasteiger partial charge in [-0.15, -0.1) is 0 Å². The van der Waals surface area contributed by atoms with Gasteiger partial charge in [-0.2, -0.15) is 0 Å². The van der Waals surface area contributed by atoms with Gasteiger partial charge in [-0.3, -0.25) is 4.79 Å². The molecule has 0 atom stereocenters. The third-order valence-electron chi connectivity index (χ3n) is 3.10. The summed E-state index contributed by atoms with van der Waals surface area (Å²) < 4.78 is 0. The molecule has 0 amide bonds. The van der Waals surface area contributed by atoms with E-state index in [1.165, 1.54) is 17.3 Å². The molecule has 0 aliphatic carbocycles. The highest BCUT2D eigenvalue weighted by atomic mass is 35.5. The van der Waals surface area contributed by atoms with Gasteiger partial charge < -0.3 is 4.98 Å². The van der Waals surface area contributed by atoms with Gasteiger partial charge in [-0.1, -0.05) is 41.6 Å². The number of hydrogen-bond donors (Lipinski definition) is 1. The number of halogens is 1. The molecule has 3 rings (SSSR count). The average molecular weight is 317 g/mol. The van der Waals surface area contributed by atoms with Gasteiger partial charge in [-0.25, -0.2) is 4.98 Å². The predicted octanol–water partition coefficient (Wildman–Crippen LogP) is 4.50. The number of nitrogens with zero attached hydrogens (tertiary/aromatic N) is 1. The smallest absolute Gasteiger partial charge is 0.173 e. The number of H-pyrrole nitrogens is 1. The minimum atomic E-state index is 0.0409. The molecule has 2 aromatic carbocycles. The highest BCUT2D eigenvalue weighted by Gasteiger charge is 2.09. The molecule has 1 aromatic heterocycles. The third kappa shape index (κ3) is 3.28. The van der Waals surface area contributed by atoms with Crippen molar-refractivity contribution in [1.82, 2.24) is 9.97 Å². The Morgan fingerprint density at radius 2 is 2.14 bits per heavy atom. The molecule has 3 aromatic rings. The maximum Gasteiger partial charge on any atom is 0.173 e. The number of benzene rings is 2. The Kier molecular flexibility index (Phi) is 3.99. The molecule has 0 unspecified atom stereocenters.